The van der Waals surface area contributed by atoms with Gasteiger partial charge in [0, 0.05) is 25.8 Å². The molecular weight excluding hydrogens is 256 g/mol. The smallest absolute Gasteiger partial charge is 0.239 e. The predicted molar refractivity (Wildman–Crippen MR) is 77.2 cm³/mol. The zero-order chi connectivity index (χ0) is 14.4. The molecule has 0 aliphatic heterocycles. The first-order chi connectivity index (χ1) is 9.69. The first-order valence-corrected chi connectivity index (χ1v) is 6.97. The van der Waals surface area contributed by atoms with Crippen LogP contribution in [0.2, 0.25) is 0 Å². The van der Waals surface area contributed by atoms with E-state index in [9.17, 15) is 4.79 Å². The summed E-state index contributed by atoms with van der Waals surface area (Å²) in [5.74, 6) is 0.651. The van der Waals surface area contributed by atoms with Crippen LogP contribution in [0.25, 0.3) is 0 Å². The van der Waals surface area contributed by atoms with Gasteiger partial charge >= 0.3 is 0 Å². The molecule has 0 saturated heterocycles. The number of rotatable bonds is 6. The lowest BCUT2D eigenvalue weighted by atomic mass is 10.4. The molecule has 110 valence electrons. The number of aryl methyl sites for hydroxylation is 1. The van der Waals surface area contributed by atoms with Gasteiger partial charge in [0.1, 0.15) is 0 Å². The lowest BCUT2D eigenvalue weighted by Crippen LogP contribution is -2.43. The van der Waals surface area contributed by atoms with Crippen LogP contribution in [0.5, 0.6) is 0 Å². The summed E-state index contributed by atoms with van der Waals surface area (Å²) in [6.07, 6.45) is 3.94. The fraction of sp³-hybridized carbons (Fsp3) is 0.615. The van der Waals surface area contributed by atoms with Crippen molar-refractivity contribution < 1.29 is 4.79 Å². The topological polar surface area (TPSA) is 83.3 Å². The molecule has 20 heavy (non-hydrogen) atoms. The van der Waals surface area contributed by atoms with Crippen molar-refractivity contribution in [1.82, 2.24) is 25.7 Å². The number of carbonyl (C=O) groups excluding carboxylic acids is 1. The first-order valence-electron chi connectivity index (χ1n) is 6.97. The molecular formula is C13H22N6O. The van der Waals surface area contributed by atoms with Crippen LogP contribution in [0, 0.1) is 0 Å². The second-order valence-corrected chi connectivity index (χ2v) is 4.84. The lowest BCUT2D eigenvalue weighted by Gasteiger charge is -2.11. The normalized spacial score (nSPS) is 15.0. The van der Waals surface area contributed by atoms with Crippen LogP contribution in [-0.2, 0) is 18.4 Å². The molecule has 1 aliphatic rings. The Morgan fingerprint density at radius 1 is 1.50 bits per heavy atom. The average molecular weight is 278 g/mol. The van der Waals surface area contributed by atoms with Crippen LogP contribution in [0.1, 0.15) is 25.5 Å². The maximum absolute atomic E-state index is 11.6. The Morgan fingerprint density at radius 3 is 2.90 bits per heavy atom. The van der Waals surface area contributed by atoms with Crippen molar-refractivity contribution >= 4 is 11.9 Å². The number of aliphatic imine (C=N–C) groups is 1. The zero-order valence-electron chi connectivity index (χ0n) is 12.0. The van der Waals surface area contributed by atoms with Gasteiger partial charge in [0.25, 0.3) is 0 Å². The number of guanidine groups is 1. The molecule has 2 rings (SSSR count). The molecule has 1 aromatic rings. The summed E-state index contributed by atoms with van der Waals surface area (Å²) in [5.41, 5.74) is 1.02. The van der Waals surface area contributed by atoms with E-state index < -0.39 is 0 Å². The Labute approximate surface area is 118 Å². The molecule has 0 radical (unpaired) electrons. The van der Waals surface area contributed by atoms with Gasteiger partial charge in [-0.3, -0.25) is 9.48 Å². The summed E-state index contributed by atoms with van der Waals surface area (Å²) in [6.45, 7) is 3.51. The number of aromatic nitrogens is 2. The predicted octanol–water partition coefficient (Wildman–Crippen LogP) is -0.246. The van der Waals surface area contributed by atoms with Crippen LogP contribution in [0.15, 0.2) is 17.3 Å². The van der Waals surface area contributed by atoms with E-state index in [4.69, 9.17) is 0 Å². The monoisotopic (exact) mass is 278 g/mol. The van der Waals surface area contributed by atoms with Gasteiger partial charge in [-0.05, 0) is 25.8 Å². The zero-order valence-corrected chi connectivity index (χ0v) is 12.0. The summed E-state index contributed by atoms with van der Waals surface area (Å²) >= 11 is 0. The van der Waals surface area contributed by atoms with E-state index in [0.29, 0.717) is 18.5 Å². The molecule has 1 fully saturated rings. The van der Waals surface area contributed by atoms with Crippen LogP contribution < -0.4 is 16.0 Å². The molecule has 1 heterocycles. The van der Waals surface area contributed by atoms with Crippen molar-refractivity contribution in [2.75, 3.05) is 13.1 Å². The Hall–Kier alpha value is -2.05. The van der Waals surface area contributed by atoms with Gasteiger partial charge in [-0.2, -0.15) is 5.10 Å². The highest BCUT2D eigenvalue weighted by Crippen LogP contribution is 2.18. The summed E-state index contributed by atoms with van der Waals surface area (Å²) in [5, 5.41) is 13.2. The van der Waals surface area contributed by atoms with Gasteiger partial charge in [-0.25, -0.2) is 4.99 Å². The van der Waals surface area contributed by atoms with Gasteiger partial charge in [-0.1, -0.05) is 0 Å². The highest BCUT2D eigenvalue weighted by molar-refractivity contribution is 5.86. The van der Waals surface area contributed by atoms with Gasteiger partial charge in [0.15, 0.2) is 5.96 Å². The van der Waals surface area contributed by atoms with Crippen molar-refractivity contribution in [3.05, 3.63) is 18.0 Å². The SMILES string of the molecule is CCNC(=NCc1ccnn1C)NCC(=O)NC1CC1. The largest absolute Gasteiger partial charge is 0.357 e. The average Bonchev–Trinajstić information content (AvgIpc) is 3.14. The molecule has 1 aromatic heterocycles. The van der Waals surface area contributed by atoms with Crippen LogP contribution in [0.4, 0.5) is 0 Å². The van der Waals surface area contributed by atoms with Crippen molar-refractivity contribution in [1.29, 1.82) is 0 Å². The van der Waals surface area contributed by atoms with Crippen LogP contribution in [0.3, 0.4) is 0 Å². The summed E-state index contributed by atoms with van der Waals surface area (Å²) in [4.78, 5) is 16.1. The first kappa shape index (κ1) is 14.4. The van der Waals surface area contributed by atoms with Crippen LogP contribution >= 0.6 is 0 Å². The van der Waals surface area contributed by atoms with Gasteiger partial charge in [0.2, 0.25) is 5.91 Å². The quantitative estimate of drug-likeness (QED) is 0.495. The number of nitrogens with one attached hydrogen (secondary N) is 3. The third kappa shape index (κ3) is 4.56. The Bertz CT molecular complexity index is 477. The molecule has 1 saturated carbocycles. The molecule has 7 nitrogen and oxygen atoms in total. The molecule has 0 spiro atoms. The van der Waals surface area contributed by atoms with E-state index >= 15 is 0 Å². The van der Waals surface area contributed by atoms with Crippen molar-refractivity contribution in [3.63, 3.8) is 0 Å². The highest BCUT2D eigenvalue weighted by Gasteiger charge is 2.22. The Kier molecular flexibility index (Phi) is 4.97. The lowest BCUT2D eigenvalue weighted by molar-refractivity contribution is -0.120. The maximum atomic E-state index is 11.6. The van der Waals surface area contributed by atoms with Gasteiger partial charge in [0.05, 0.1) is 18.8 Å². The van der Waals surface area contributed by atoms with Gasteiger partial charge in [-0.15, -0.1) is 0 Å². The minimum atomic E-state index is 0.0126. The fourth-order valence-corrected chi connectivity index (χ4v) is 1.73. The van der Waals surface area contributed by atoms with Crippen LogP contribution in [-0.4, -0.2) is 40.8 Å². The highest BCUT2D eigenvalue weighted by atomic mass is 16.2. The van der Waals surface area contributed by atoms with Crippen molar-refractivity contribution in [2.24, 2.45) is 12.0 Å². The number of hydrogen-bond acceptors (Lipinski definition) is 3. The molecule has 0 atom stereocenters. The number of carbonyl (C=O) groups is 1. The molecule has 7 heteroatoms. The van der Waals surface area contributed by atoms with Gasteiger partial charge < -0.3 is 16.0 Å². The molecule has 1 amide bonds. The van der Waals surface area contributed by atoms with E-state index in [1.54, 1.807) is 10.9 Å². The van der Waals surface area contributed by atoms with Crippen molar-refractivity contribution in [3.8, 4) is 0 Å². The minimum Gasteiger partial charge on any atom is -0.357 e. The van der Waals surface area contributed by atoms with E-state index in [0.717, 1.165) is 25.1 Å². The molecule has 1 aliphatic carbocycles. The second-order valence-electron chi connectivity index (χ2n) is 4.84. The number of nitrogens with zero attached hydrogens (tertiary/aromatic N) is 3. The Morgan fingerprint density at radius 2 is 2.30 bits per heavy atom. The van der Waals surface area contributed by atoms with E-state index in [1.165, 1.54) is 0 Å². The minimum absolute atomic E-state index is 0.0126. The van der Waals surface area contributed by atoms with E-state index in [2.05, 4.69) is 26.0 Å². The maximum Gasteiger partial charge on any atom is 0.239 e. The molecule has 0 unspecified atom stereocenters. The molecule has 0 aromatic carbocycles. The van der Waals surface area contributed by atoms with Crippen molar-refractivity contribution in [2.45, 2.75) is 32.4 Å². The number of hydrogen-bond donors (Lipinski definition) is 3. The summed E-state index contributed by atoms with van der Waals surface area (Å²) in [6, 6.07) is 2.31. The Balaban J connectivity index is 1.81. The third-order valence-electron chi connectivity index (χ3n) is 3.02. The van der Waals surface area contributed by atoms with E-state index in [-0.39, 0.29) is 12.5 Å². The summed E-state index contributed by atoms with van der Waals surface area (Å²) < 4.78 is 1.78. The standard InChI is InChI=1S/C13H22N6O/c1-3-14-13(15-8-11-6-7-17-19(11)2)16-9-12(20)18-10-4-5-10/h6-7,10H,3-5,8-9H2,1-2H3,(H,18,20)(H2,14,15,16). The molecule has 0 bridgehead atoms. The fourth-order valence-electron chi connectivity index (χ4n) is 1.73. The van der Waals surface area contributed by atoms with E-state index in [1.807, 2.05) is 20.0 Å². The molecule has 3 N–H and O–H groups in total. The second kappa shape index (κ2) is 6.93. The summed E-state index contributed by atoms with van der Waals surface area (Å²) in [7, 11) is 1.88. The number of amides is 1. The third-order valence-corrected chi connectivity index (χ3v) is 3.02.